The number of amides is 2. The van der Waals surface area contributed by atoms with Gasteiger partial charge in [-0.3, -0.25) is 14.4 Å². The summed E-state index contributed by atoms with van der Waals surface area (Å²) < 4.78 is 1.67. The predicted molar refractivity (Wildman–Crippen MR) is 94.2 cm³/mol. The van der Waals surface area contributed by atoms with Crippen LogP contribution in [0.15, 0.2) is 23.0 Å². The maximum atomic E-state index is 12.9. The number of pyridine rings is 1. The van der Waals surface area contributed by atoms with E-state index >= 15 is 0 Å². The molecule has 1 aliphatic carbocycles. The number of hydrogen-bond donors (Lipinski definition) is 2. The van der Waals surface area contributed by atoms with E-state index in [2.05, 4.69) is 5.32 Å². The fourth-order valence-corrected chi connectivity index (χ4v) is 4.57. The summed E-state index contributed by atoms with van der Waals surface area (Å²) in [5.74, 6) is -0.248. The van der Waals surface area contributed by atoms with E-state index in [0.717, 1.165) is 18.5 Å². The zero-order chi connectivity index (χ0) is 18.4. The first-order valence-corrected chi connectivity index (χ1v) is 9.46. The number of aliphatic hydroxyl groups excluding tert-OH is 1. The molecule has 1 aromatic rings. The van der Waals surface area contributed by atoms with Gasteiger partial charge in [-0.2, -0.15) is 0 Å². The average Bonchev–Trinajstić information content (AvgIpc) is 3.31. The summed E-state index contributed by atoms with van der Waals surface area (Å²) in [7, 11) is 0. The van der Waals surface area contributed by atoms with Crippen LogP contribution in [0.5, 0.6) is 0 Å². The van der Waals surface area contributed by atoms with E-state index in [1.54, 1.807) is 22.5 Å². The second-order valence-corrected chi connectivity index (χ2v) is 7.64. The quantitative estimate of drug-likeness (QED) is 0.790. The number of nitrogens with zero attached hydrogens (tertiary/aromatic N) is 2. The van der Waals surface area contributed by atoms with E-state index in [1.165, 1.54) is 6.07 Å². The Kier molecular flexibility index (Phi) is 4.34. The van der Waals surface area contributed by atoms with Crippen molar-refractivity contribution in [3.05, 3.63) is 34.2 Å². The van der Waals surface area contributed by atoms with Crippen LogP contribution in [0.2, 0.25) is 0 Å². The van der Waals surface area contributed by atoms with Crippen LogP contribution in [-0.4, -0.2) is 45.6 Å². The minimum absolute atomic E-state index is 0.104. The molecule has 3 aliphatic rings. The van der Waals surface area contributed by atoms with Crippen LogP contribution in [0, 0.1) is 17.8 Å². The van der Waals surface area contributed by atoms with Crippen LogP contribution in [0.25, 0.3) is 0 Å². The first kappa shape index (κ1) is 17.3. The molecule has 0 unspecified atom stereocenters. The van der Waals surface area contributed by atoms with Gasteiger partial charge in [-0.15, -0.1) is 0 Å². The minimum atomic E-state index is -0.676. The molecule has 0 bridgehead atoms. The molecule has 2 aliphatic heterocycles. The maximum absolute atomic E-state index is 12.9. The van der Waals surface area contributed by atoms with E-state index in [1.807, 2.05) is 6.07 Å². The van der Waals surface area contributed by atoms with E-state index in [9.17, 15) is 19.5 Å². The van der Waals surface area contributed by atoms with Crippen molar-refractivity contribution in [2.24, 2.45) is 17.8 Å². The summed E-state index contributed by atoms with van der Waals surface area (Å²) in [6.07, 6.45) is 2.55. The number of carbonyl (C=O) groups excluding carboxylic acids is 2. The van der Waals surface area contributed by atoms with E-state index in [4.69, 9.17) is 0 Å². The van der Waals surface area contributed by atoms with Crippen LogP contribution < -0.4 is 10.9 Å². The third-order valence-electron chi connectivity index (χ3n) is 6.07. The van der Waals surface area contributed by atoms with Gasteiger partial charge < -0.3 is 19.9 Å². The van der Waals surface area contributed by atoms with E-state index in [-0.39, 0.29) is 48.3 Å². The van der Waals surface area contributed by atoms with Crippen LogP contribution in [0.4, 0.5) is 0 Å². The van der Waals surface area contributed by atoms with Gasteiger partial charge in [-0.1, -0.05) is 13.0 Å². The van der Waals surface area contributed by atoms with Crippen molar-refractivity contribution in [1.29, 1.82) is 0 Å². The lowest BCUT2D eigenvalue weighted by atomic mass is 9.88. The van der Waals surface area contributed by atoms with Gasteiger partial charge in [0.1, 0.15) is 6.04 Å². The second-order valence-electron chi connectivity index (χ2n) is 7.64. The highest BCUT2D eigenvalue weighted by molar-refractivity contribution is 5.89. The summed E-state index contributed by atoms with van der Waals surface area (Å²) in [6, 6.07) is 4.04. The summed E-state index contributed by atoms with van der Waals surface area (Å²) in [5, 5.41) is 13.0. The summed E-state index contributed by atoms with van der Waals surface area (Å²) in [6.45, 7) is 2.66. The fourth-order valence-electron chi connectivity index (χ4n) is 4.57. The van der Waals surface area contributed by atoms with Gasteiger partial charge in [0.05, 0.1) is 6.04 Å². The third kappa shape index (κ3) is 2.65. The van der Waals surface area contributed by atoms with Gasteiger partial charge in [-0.05, 0) is 24.8 Å². The number of likely N-dealkylation sites (tertiary alicyclic amines) is 1. The van der Waals surface area contributed by atoms with Crippen molar-refractivity contribution in [2.75, 3.05) is 13.2 Å². The molecule has 4 rings (SSSR count). The number of rotatable bonds is 5. The van der Waals surface area contributed by atoms with E-state index < -0.39 is 6.04 Å². The molecule has 3 heterocycles. The number of aromatic nitrogens is 1. The topological polar surface area (TPSA) is 91.6 Å². The Morgan fingerprint density at radius 2 is 2.08 bits per heavy atom. The number of carbonyl (C=O) groups is 2. The highest BCUT2D eigenvalue weighted by atomic mass is 16.3. The molecule has 2 fully saturated rings. The first-order valence-electron chi connectivity index (χ1n) is 9.46. The van der Waals surface area contributed by atoms with Gasteiger partial charge in [0.15, 0.2) is 0 Å². The van der Waals surface area contributed by atoms with Gasteiger partial charge in [-0.25, -0.2) is 0 Å². The highest BCUT2D eigenvalue weighted by Crippen LogP contribution is 2.49. The van der Waals surface area contributed by atoms with Crippen LogP contribution >= 0.6 is 0 Å². The smallest absolute Gasteiger partial charge is 0.250 e. The zero-order valence-electron chi connectivity index (χ0n) is 14.9. The molecule has 140 valence electrons. The largest absolute Gasteiger partial charge is 0.396 e. The molecule has 0 spiro atoms. The molecule has 1 aromatic heterocycles. The summed E-state index contributed by atoms with van der Waals surface area (Å²) >= 11 is 0. The Hall–Kier alpha value is -2.15. The molecule has 1 saturated carbocycles. The third-order valence-corrected chi connectivity index (χ3v) is 6.07. The molecule has 2 amide bonds. The monoisotopic (exact) mass is 359 g/mol. The second kappa shape index (κ2) is 6.54. The lowest BCUT2D eigenvalue weighted by Crippen LogP contribution is -2.50. The standard InChI is InChI=1S/C19H25N3O4/c1-2-15(24)22-17-12(9-21-14(17)4-3-5-16(21)25)13(10-23)18(22)19(26)20-8-11-6-7-11/h3-5,11-13,17-18,23H,2,6-10H2,1H3,(H,20,26)/t12-,13-,17+,18-/m1/s1. The molecule has 26 heavy (non-hydrogen) atoms. The SMILES string of the molecule is CCC(=O)N1[C@@H]2c3cccc(=O)n3C[C@@H]2[C@@H](CO)[C@@H]1C(=O)NCC1CC1. The normalized spacial score (nSPS) is 29.4. The molecular formula is C19H25N3O4. The number of fused-ring (bicyclic) bond motifs is 3. The Labute approximate surface area is 152 Å². The van der Waals surface area contributed by atoms with E-state index in [0.29, 0.717) is 19.0 Å². The maximum Gasteiger partial charge on any atom is 0.250 e. The van der Waals surface area contributed by atoms with Crippen LogP contribution in [0.3, 0.4) is 0 Å². The minimum Gasteiger partial charge on any atom is -0.396 e. The average molecular weight is 359 g/mol. The Morgan fingerprint density at radius 3 is 2.73 bits per heavy atom. The van der Waals surface area contributed by atoms with Crippen molar-refractivity contribution < 1.29 is 14.7 Å². The summed E-state index contributed by atoms with van der Waals surface area (Å²) in [4.78, 5) is 39.5. The zero-order valence-corrected chi connectivity index (χ0v) is 14.9. The molecule has 0 radical (unpaired) electrons. The summed E-state index contributed by atoms with van der Waals surface area (Å²) in [5.41, 5.74) is 0.660. The molecule has 2 N–H and O–H groups in total. The Bertz CT molecular complexity index is 785. The Balaban J connectivity index is 1.71. The molecule has 4 atom stereocenters. The van der Waals surface area contributed by atoms with Crippen molar-refractivity contribution in [2.45, 2.75) is 44.8 Å². The first-order chi connectivity index (χ1) is 12.6. The molecular weight excluding hydrogens is 334 g/mol. The number of hydrogen-bond acceptors (Lipinski definition) is 4. The van der Waals surface area contributed by atoms with Gasteiger partial charge in [0.2, 0.25) is 11.8 Å². The molecule has 1 saturated heterocycles. The van der Waals surface area contributed by atoms with Crippen LogP contribution in [-0.2, 0) is 16.1 Å². The van der Waals surface area contributed by atoms with Gasteiger partial charge >= 0.3 is 0 Å². The fraction of sp³-hybridized carbons (Fsp3) is 0.632. The Morgan fingerprint density at radius 1 is 1.31 bits per heavy atom. The molecule has 0 aromatic carbocycles. The lowest BCUT2D eigenvalue weighted by molar-refractivity contribution is -0.141. The van der Waals surface area contributed by atoms with Crippen molar-refractivity contribution in [3.63, 3.8) is 0 Å². The molecule has 7 nitrogen and oxygen atoms in total. The van der Waals surface area contributed by atoms with Gasteiger partial charge in [0, 0.05) is 49.7 Å². The van der Waals surface area contributed by atoms with Crippen molar-refractivity contribution in [1.82, 2.24) is 14.8 Å². The van der Waals surface area contributed by atoms with Crippen molar-refractivity contribution >= 4 is 11.8 Å². The number of aliphatic hydroxyl groups is 1. The van der Waals surface area contributed by atoms with Gasteiger partial charge in [0.25, 0.3) is 5.56 Å². The molecule has 7 heteroatoms. The predicted octanol–water partition coefficient (Wildman–Crippen LogP) is 0.275. The lowest BCUT2D eigenvalue weighted by Gasteiger charge is -2.30. The van der Waals surface area contributed by atoms with Crippen molar-refractivity contribution in [3.8, 4) is 0 Å². The number of nitrogens with one attached hydrogen (secondary N) is 1. The highest BCUT2D eigenvalue weighted by Gasteiger charge is 2.56. The van der Waals surface area contributed by atoms with Crippen LogP contribution in [0.1, 0.15) is 37.9 Å².